The molecule has 0 spiro atoms. The highest BCUT2D eigenvalue weighted by atomic mass is 79.9. The van der Waals surface area contributed by atoms with Crippen LogP contribution in [-0.4, -0.2) is 17.5 Å². The van der Waals surface area contributed by atoms with Crippen LogP contribution in [0.25, 0.3) is 0 Å². The summed E-state index contributed by atoms with van der Waals surface area (Å²) in [5.74, 6) is -0.642. The zero-order valence-electron chi connectivity index (χ0n) is 11.1. The van der Waals surface area contributed by atoms with Gasteiger partial charge in [-0.3, -0.25) is 4.79 Å². The number of carboxylic acids is 1. The molecule has 0 radical (unpaired) electrons. The molecule has 0 aliphatic heterocycles. The highest BCUT2D eigenvalue weighted by Gasteiger charge is 2.11. The van der Waals surface area contributed by atoms with E-state index in [-0.39, 0.29) is 5.56 Å². The summed E-state index contributed by atoms with van der Waals surface area (Å²) in [5.41, 5.74) is 1.97. The SMILES string of the molecule is O=COc1ccc(C(=O)O)c(CCc2cccc(Br)c2)c1. The Bertz CT molecular complexity index is 667. The Morgan fingerprint density at radius 2 is 2.00 bits per heavy atom. The van der Waals surface area contributed by atoms with Gasteiger partial charge in [-0.2, -0.15) is 0 Å². The predicted octanol–water partition coefficient (Wildman–Crippen LogP) is 3.47. The lowest BCUT2D eigenvalue weighted by atomic mass is 9.99. The molecule has 0 amide bonds. The minimum atomic E-state index is -0.989. The van der Waals surface area contributed by atoms with Crippen LogP contribution in [0.5, 0.6) is 5.75 Å². The van der Waals surface area contributed by atoms with Crippen molar-refractivity contribution < 1.29 is 19.4 Å². The van der Waals surface area contributed by atoms with E-state index >= 15 is 0 Å². The second kappa shape index (κ2) is 7.04. The number of carbonyl (C=O) groups excluding carboxylic acids is 1. The van der Waals surface area contributed by atoms with Gasteiger partial charge in [0, 0.05) is 4.47 Å². The molecule has 0 aliphatic rings. The van der Waals surface area contributed by atoms with E-state index in [1.807, 2.05) is 24.3 Å². The number of halogens is 1. The van der Waals surface area contributed by atoms with Crippen molar-refractivity contribution >= 4 is 28.4 Å². The molecule has 5 heteroatoms. The average Bonchev–Trinajstić information content (AvgIpc) is 2.45. The molecule has 2 rings (SSSR count). The molecule has 21 heavy (non-hydrogen) atoms. The summed E-state index contributed by atoms with van der Waals surface area (Å²) in [6.45, 7) is 0.327. The fourth-order valence-corrected chi connectivity index (χ4v) is 2.53. The van der Waals surface area contributed by atoms with E-state index in [2.05, 4.69) is 15.9 Å². The summed E-state index contributed by atoms with van der Waals surface area (Å²) in [6, 6.07) is 12.4. The summed E-state index contributed by atoms with van der Waals surface area (Å²) >= 11 is 3.41. The maximum absolute atomic E-state index is 11.2. The lowest BCUT2D eigenvalue weighted by Crippen LogP contribution is -2.04. The Morgan fingerprint density at radius 3 is 2.67 bits per heavy atom. The summed E-state index contributed by atoms with van der Waals surface area (Å²) in [6.07, 6.45) is 1.25. The van der Waals surface area contributed by atoms with Crippen LogP contribution in [0, 0.1) is 0 Å². The van der Waals surface area contributed by atoms with Gasteiger partial charge in [-0.1, -0.05) is 28.1 Å². The van der Waals surface area contributed by atoms with Gasteiger partial charge in [0.15, 0.2) is 0 Å². The van der Waals surface area contributed by atoms with Crippen LogP contribution in [0.1, 0.15) is 21.5 Å². The first-order valence-corrected chi connectivity index (χ1v) is 7.10. The average molecular weight is 349 g/mol. The number of benzene rings is 2. The monoisotopic (exact) mass is 348 g/mol. The number of carboxylic acid groups (broad SMARTS) is 1. The van der Waals surface area contributed by atoms with Gasteiger partial charge in [0.1, 0.15) is 5.75 Å². The normalized spacial score (nSPS) is 10.1. The van der Waals surface area contributed by atoms with Gasteiger partial charge in [-0.25, -0.2) is 4.79 Å². The zero-order valence-corrected chi connectivity index (χ0v) is 12.7. The molecule has 0 heterocycles. The number of hydrogen-bond donors (Lipinski definition) is 1. The van der Waals surface area contributed by atoms with Gasteiger partial charge in [-0.15, -0.1) is 0 Å². The van der Waals surface area contributed by atoms with E-state index in [0.29, 0.717) is 30.6 Å². The molecule has 0 saturated carbocycles. The smallest absolute Gasteiger partial charge is 0.335 e. The molecule has 1 N–H and O–H groups in total. The van der Waals surface area contributed by atoms with E-state index in [4.69, 9.17) is 4.74 Å². The van der Waals surface area contributed by atoms with Gasteiger partial charge >= 0.3 is 5.97 Å². The lowest BCUT2D eigenvalue weighted by Gasteiger charge is -2.08. The number of hydrogen-bond acceptors (Lipinski definition) is 3. The molecule has 0 aliphatic carbocycles. The molecular weight excluding hydrogens is 336 g/mol. The molecule has 2 aromatic carbocycles. The second-order valence-corrected chi connectivity index (χ2v) is 5.38. The molecule has 0 fully saturated rings. The van der Waals surface area contributed by atoms with Crippen molar-refractivity contribution in [2.45, 2.75) is 12.8 Å². The quantitative estimate of drug-likeness (QED) is 0.812. The highest BCUT2D eigenvalue weighted by molar-refractivity contribution is 9.10. The number of carbonyl (C=O) groups is 2. The van der Waals surface area contributed by atoms with Crippen LogP contribution < -0.4 is 4.74 Å². The van der Waals surface area contributed by atoms with Crippen molar-refractivity contribution in [2.24, 2.45) is 0 Å². The van der Waals surface area contributed by atoms with Crippen LogP contribution in [-0.2, 0) is 17.6 Å². The van der Waals surface area contributed by atoms with E-state index in [1.54, 1.807) is 6.07 Å². The van der Waals surface area contributed by atoms with Crippen molar-refractivity contribution in [3.63, 3.8) is 0 Å². The van der Waals surface area contributed by atoms with Gasteiger partial charge in [0.05, 0.1) is 5.56 Å². The van der Waals surface area contributed by atoms with Crippen LogP contribution in [0.2, 0.25) is 0 Å². The maximum atomic E-state index is 11.2. The largest absolute Gasteiger partial charge is 0.478 e. The molecule has 4 nitrogen and oxygen atoms in total. The molecule has 0 bridgehead atoms. The van der Waals surface area contributed by atoms with Crippen LogP contribution in [0.15, 0.2) is 46.9 Å². The Kier molecular flexibility index (Phi) is 5.11. The first-order valence-electron chi connectivity index (χ1n) is 6.31. The van der Waals surface area contributed by atoms with Crippen molar-refractivity contribution in [2.75, 3.05) is 0 Å². The van der Waals surface area contributed by atoms with Crippen molar-refractivity contribution in [3.05, 3.63) is 63.6 Å². The van der Waals surface area contributed by atoms with Crippen LogP contribution in [0.3, 0.4) is 0 Å². The standard InChI is InChI=1S/C16H13BrO4/c17-13-3-1-2-11(8-13)4-5-12-9-14(21-10-18)6-7-15(12)16(19)20/h1-3,6-10H,4-5H2,(H,19,20). The summed E-state index contributed by atoms with van der Waals surface area (Å²) < 4.78 is 5.75. The fraction of sp³-hybridized carbons (Fsp3) is 0.125. The third-order valence-corrected chi connectivity index (χ3v) is 3.56. The van der Waals surface area contributed by atoms with E-state index in [0.717, 1.165) is 10.0 Å². The van der Waals surface area contributed by atoms with Gasteiger partial charge in [-0.05, 0) is 54.3 Å². The Morgan fingerprint density at radius 1 is 1.19 bits per heavy atom. The van der Waals surface area contributed by atoms with Crippen molar-refractivity contribution in [3.8, 4) is 5.75 Å². The van der Waals surface area contributed by atoms with Crippen molar-refractivity contribution in [1.82, 2.24) is 0 Å². The molecule has 0 unspecified atom stereocenters. The third-order valence-electron chi connectivity index (χ3n) is 3.06. The number of rotatable bonds is 6. The lowest BCUT2D eigenvalue weighted by molar-refractivity contribution is -0.120. The Hall–Kier alpha value is -2.14. The van der Waals surface area contributed by atoms with E-state index < -0.39 is 5.97 Å². The molecule has 0 aromatic heterocycles. The number of ether oxygens (including phenoxy) is 1. The minimum Gasteiger partial charge on any atom is -0.478 e. The fourth-order valence-electron chi connectivity index (χ4n) is 2.09. The van der Waals surface area contributed by atoms with Gasteiger partial charge < -0.3 is 9.84 Å². The first kappa shape index (κ1) is 15.3. The molecule has 0 saturated heterocycles. The highest BCUT2D eigenvalue weighted by Crippen LogP contribution is 2.21. The maximum Gasteiger partial charge on any atom is 0.335 e. The van der Waals surface area contributed by atoms with Crippen LogP contribution >= 0.6 is 15.9 Å². The Labute approximate surface area is 130 Å². The second-order valence-electron chi connectivity index (χ2n) is 4.47. The van der Waals surface area contributed by atoms with Crippen molar-refractivity contribution in [1.29, 1.82) is 0 Å². The third kappa shape index (κ3) is 4.16. The van der Waals surface area contributed by atoms with E-state index in [9.17, 15) is 14.7 Å². The molecule has 0 atom stereocenters. The summed E-state index contributed by atoms with van der Waals surface area (Å²) in [7, 11) is 0. The summed E-state index contributed by atoms with van der Waals surface area (Å²) in [4.78, 5) is 21.6. The number of aromatic carboxylic acids is 1. The van der Waals surface area contributed by atoms with Gasteiger partial charge in [0.2, 0.25) is 0 Å². The van der Waals surface area contributed by atoms with E-state index in [1.165, 1.54) is 12.1 Å². The Balaban J connectivity index is 2.22. The predicted molar refractivity (Wildman–Crippen MR) is 81.6 cm³/mol. The number of aryl methyl sites for hydroxylation is 2. The summed E-state index contributed by atoms with van der Waals surface area (Å²) in [5, 5.41) is 9.21. The molecular formula is C16H13BrO4. The molecule has 2 aromatic rings. The minimum absolute atomic E-state index is 0.225. The first-order chi connectivity index (χ1) is 10.1. The topological polar surface area (TPSA) is 63.6 Å². The zero-order chi connectivity index (χ0) is 15.2. The molecule has 108 valence electrons. The van der Waals surface area contributed by atoms with Gasteiger partial charge in [0.25, 0.3) is 6.47 Å². The van der Waals surface area contributed by atoms with Crippen LogP contribution in [0.4, 0.5) is 0 Å².